The average Bonchev–Trinajstić information content (AvgIpc) is 2.49. The number of methoxy groups -OCH3 is 1. The fourth-order valence-electron chi connectivity index (χ4n) is 2.05. The molecule has 0 amide bonds. The van der Waals surface area contributed by atoms with Crippen LogP contribution < -0.4 is 15.8 Å². The SMILES string of the molecule is COc1ccccc1CCNc1ccc(C(N)=S)cc1Br. The van der Waals surface area contributed by atoms with Crippen LogP contribution in [0.5, 0.6) is 5.75 Å². The minimum absolute atomic E-state index is 0.399. The number of hydrogen-bond donors (Lipinski definition) is 2. The van der Waals surface area contributed by atoms with Crippen LogP contribution in [0, 0.1) is 0 Å². The molecule has 110 valence electrons. The van der Waals surface area contributed by atoms with Gasteiger partial charge in [0.05, 0.1) is 7.11 Å². The van der Waals surface area contributed by atoms with E-state index in [1.807, 2.05) is 36.4 Å². The van der Waals surface area contributed by atoms with Gasteiger partial charge in [-0.15, -0.1) is 0 Å². The average molecular weight is 365 g/mol. The normalized spacial score (nSPS) is 10.2. The fraction of sp³-hybridized carbons (Fsp3) is 0.188. The van der Waals surface area contributed by atoms with Crippen molar-refractivity contribution in [1.29, 1.82) is 0 Å². The molecule has 0 aromatic heterocycles. The van der Waals surface area contributed by atoms with Crippen LogP contribution in [0.1, 0.15) is 11.1 Å². The zero-order chi connectivity index (χ0) is 15.2. The molecule has 0 radical (unpaired) electrons. The lowest BCUT2D eigenvalue weighted by Crippen LogP contribution is -2.10. The highest BCUT2D eigenvalue weighted by Crippen LogP contribution is 2.24. The summed E-state index contributed by atoms with van der Waals surface area (Å²) in [5.41, 5.74) is 8.67. The number of hydrogen-bond acceptors (Lipinski definition) is 3. The van der Waals surface area contributed by atoms with Gasteiger partial charge in [-0.1, -0.05) is 30.4 Å². The first-order valence-corrected chi connectivity index (χ1v) is 7.77. The fourth-order valence-corrected chi connectivity index (χ4v) is 2.70. The molecule has 0 saturated heterocycles. The van der Waals surface area contributed by atoms with Crippen molar-refractivity contribution < 1.29 is 4.74 Å². The monoisotopic (exact) mass is 364 g/mol. The predicted molar refractivity (Wildman–Crippen MR) is 95.2 cm³/mol. The summed E-state index contributed by atoms with van der Waals surface area (Å²) in [5.74, 6) is 0.919. The summed E-state index contributed by atoms with van der Waals surface area (Å²) in [5, 5.41) is 3.39. The zero-order valence-electron chi connectivity index (χ0n) is 11.7. The van der Waals surface area contributed by atoms with Gasteiger partial charge in [-0.3, -0.25) is 0 Å². The lowest BCUT2D eigenvalue weighted by molar-refractivity contribution is 0.410. The second-order valence-corrected chi connectivity index (χ2v) is 5.84. The Morgan fingerprint density at radius 1 is 1.29 bits per heavy atom. The molecule has 0 heterocycles. The van der Waals surface area contributed by atoms with Crippen LogP contribution in [0.15, 0.2) is 46.9 Å². The van der Waals surface area contributed by atoms with E-state index in [0.29, 0.717) is 4.99 Å². The number of benzene rings is 2. The first kappa shape index (κ1) is 15.8. The van der Waals surface area contributed by atoms with E-state index in [0.717, 1.165) is 34.4 Å². The van der Waals surface area contributed by atoms with E-state index in [1.165, 1.54) is 5.56 Å². The van der Waals surface area contributed by atoms with Crippen molar-refractivity contribution in [2.75, 3.05) is 19.0 Å². The number of thiocarbonyl (C=S) groups is 1. The van der Waals surface area contributed by atoms with E-state index in [4.69, 9.17) is 22.7 Å². The molecule has 2 aromatic rings. The molecule has 3 nitrogen and oxygen atoms in total. The Hall–Kier alpha value is -1.59. The van der Waals surface area contributed by atoms with Crippen LogP contribution in [-0.4, -0.2) is 18.6 Å². The summed E-state index contributed by atoms with van der Waals surface area (Å²) in [6.07, 6.45) is 0.882. The first-order valence-electron chi connectivity index (χ1n) is 6.57. The van der Waals surface area contributed by atoms with E-state index in [1.54, 1.807) is 7.11 Å². The second kappa shape index (κ2) is 7.43. The van der Waals surface area contributed by atoms with Crippen LogP contribution in [0.4, 0.5) is 5.69 Å². The minimum atomic E-state index is 0.399. The largest absolute Gasteiger partial charge is 0.496 e. The molecule has 0 unspecified atom stereocenters. The Kier molecular flexibility index (Phi) is 5.59. The Morgan fingerprint density at radius 2 is 2.05 bits per heavy atom. The molecular formula is C16H17BrN2OS. The Labute approximate surface area is 138 Å². The maximum atomic E-state index is 5.62. The summed E-state index contributed by atoms with van der Waals surface area (Å²) in [7, 11) is 1.69. The zero-order valence-corrected chi connectivity index (χ0v) is 14.1. The molecule has 5 heteroatoms. The number of nitrogens with one attached hydrogen (secondary N) is 1. The quantitative estimate of drug-likeness (QED) is 0.766. The predicted octanol–water partition coefficient (Wildman–Crippen LogP) is 3.75. The van der Waals surface area contributed by atoms with Gasteiger partial charge in [0, 0.05) is 22.3 Å². The van der Waals surface area contributed by atoms with E-state index in [9.17, 15) is 0 Å². The lowest BCUT2D eigenvalue weighted by Gasteiger charge is -2.11. The number of halogens is 1. The third-order valence-electron chi connectivity index (χ3n) is 3.16. The van der Waals surface area contributed by atoms with E-state index < -0.39 is 0 Å². The van der Waals surface area contributed by atoms with Crippen LogP contribution in [0.25, 0.3) is 0 Å². The van der Waals surface area contributed by atoms with Gasteiger partial charge < -0.3 is 15.8 Å². The van der Waals surface area contributed by atoms with Crippen molar-refractivity contribution in [3.05, 3.63) is 58.1 Å². The Balaban J connectivity index is 1.99. The Morgan fingerprint density at radius 3 is 2.71 bits per heavy atom. The summed E-state index contributed by atoms with van der Waals surface area (Å²) in [6, 6.07) is 13.9. The van der Waals surface area contributed by atoms with Crippen LogP contribution in [0.3, 0.4) is 0 Å². The molecule has 0 aliphatic heterocycles. The molecule has 0 saturated carbocycles. The van der Waals surface area contributed by atoms with Crippen molar-refractivity contribution in [3.8, 4) is 5.75 Å². The van der Waals surface area contributed by atoms with Crippen LogP contribution in [-0.2, 0) is 6.42 Å². The van der Waals surface area contributed by atoms with Gasteiger partial charge in [0.25, 0.3) is 0 Å². The molecule has 2 aromatic carbocycles. The highest BCUT2D eigenvalue weighted by Gasteiger charge is 2.04. The van der Waals surface area contributed by atoms with Crippen LogP contribution >= 0.6 is 28.1 Å². The molecule has 3 N–H and O–H groups in total. The van der Waals surface area contributed by atoms with Gasteiger partial charge in [-0.2, -0.15) is 0 Å². The minimum Gasteiger partial charge on any atom is -0.496 e. The maximum absolute atomic E-state index is 5.62. The van der Waals surface area contributed by atoms with Gasteiger partial charge in [0.2, 0.25) is 0 Å². The summed E-state index contributed by atoms with van der Waals surface area (Å²) in [6.45, 7) is 0.811. The van der Waals surface area contributed by atoms with Crippen molar-refractivity contribution in [2.45, 2.75) is 6.42 Å². The van der Waals surface area contributed by atoms with Gasteiger partial charge in [0.15, 0.2) is 0 Å². The summed E-state index contributed by atoms with van der Waals surface area (Å²) < 4.78 is 6.30. The number of para-hydroxylation sites is 1. The van der Waals surface area contributed by atoms with Crippen LogP contribution in [0.2, 0.25) is 0 Å². The number of ether oxygens (including phenoxy) is 1. The molecule has 0 bridgehead atoms. The van der Waals surface area contributed by atoms with Gasteiger partial charge >= 0.3 is 0 Å². The molecule has 0 aliphatic carbocycles. The molecular weight excluding hydrogens is 348 g/mol. The van der Waals surface area contributed by atoms with Gasteiger partial charge in [-0.05, 0) is 52.2 Å². The smallest absolute Gasteiger partial charge is 0.122 e. The molecule has 0 atom stereocenters. The number of anilines is 1. The third-order valence-corrected chi connectivity index (χ3v) is 4.05. The molecule has 0 spiro atoms. The highest BCUT2D eigenvalue weighted by molar-refractivity contribution is 9.10. The van der Waals surface area contributed by atoms with Crippen molar-refractivity contribution in [3.63, 3.8) is 0 Å². The molecule has 0 fully saturated rings. The van der Waals surface area contributed by atoms with Gasteiger partial charge in [-0.25, -0.2) is 0 Å². The molecule has 21 heavy (non-hydrogen) atoms. The second-order valence-electron chi connectivity index (χ2n) is 4.55. The van der Waals surface area contributed by atoms with E-state index >= 15 is 0 Å². The Bertz CT molecular complexity index is 646. The lowest BCUT2D eigenvalue weighted by atomic mass is 10.1. The maximum Gasteiger partial charge on any atom is 0.122 e. The topological polar surface area (TPSA) is 47.3 Å². The van der Waals surface area contributed by atoms with Crippen molar-refractivity contribution >= 4 is 38.8 Å². The molecule has 0 aliphatic rings. The number of rotatable bonds is 6. The van der Waals surface area contributed by atoms with E-state index in [-0.39, 0.29) is 0 Å². The van der Waals surface area contributed by atoms with E-state index in [2.05, 4.69) is 27.3 Å². The molecule has 2 rings (SSSR count). The third kappa shape index (κ3) is 4.19. The van der Waals surface area contributed by atoms with Crippen molar-refractivity contribution in [2.24, 2.45) is 5.73 Å². The summed E-state index contributed by atoms with van der Waals surface area (Å²) in [4.78, 5) is 0.399. The van der Waals surface area contributed by atoms with Crippen molar-refractivity contribution in [1.82, 2.24) is 0 Å². The first-order chi connectivity index (χ1) is 10.1. The van der Waals surface area contributed by atoms with Gasteiger partial charge in [0.1, 0.15) is 10.7 Å². The summed E-state index contributed by atoms with van der Waals surface area (Å²) >= 11 is 8.49. The highest BCUT2D eigenvalue weighted by atomic mass is 79.9. The standard InChI is InChI=1S/C16H17BrN2OS/c1-20-15-5-3-2-4-11(15)8-9-19-14-7-6-12(16(18)21)10-13(14)17/h2-7,10,19H,8-9H2,1H3,(H2,18,21). The number of nitrogens with two attached hydrogens (primary N) is 1.